The van der Waals surface area contributed by atoms with Crippen molar-refractivity contribution < 1.29 is 4.79 Å². The standard InChI is InChI=1S/C32H31N5O.C6H7N/c33-31(18-17-23-9-2-1-3-10-23)37(21-25-13-8-12-24-11-4-5-14-27(24)25)32(34)30(36-22-38)19-26-20-35-29-16-7-6-15-28(26)29;1-6-4-2-3-5-7-6/h1-16,20,22,30,33-35H,17-19,21H2,(H,36,38);2-5H,1H3/t30-;/m1./s1. The number of amidine groups is 2. The number of pyridine rings is 1. The number of H-pyrrole nitrogens is 1. The fourth-order valence-corrected chi connectivity index (χ4v) is 5.44. The second-order valence-corrected chi connectivity index (χ2v) is 10.9. The summed E-state index contributed by atoms with van der Waals surface area (Å²) in [5.74, 6) is 0.553. The van der Waals surface area contributed by atoms with E-state index < -0.39 is 6.04 Å². The molecule has 4 N–H and O–H groups in total. The molecule has 2 aromatic heterocycles. The summed E-state index contributed by atoms with van der Waals surface area (Å²) in [4.78, 5) is 20.7. The smallest absolute Gasteiger partial charge is 0.207 e. The van der Waals surface area contributed by atoms with E-state index in [1.165, 1.54) is 0 Å². The van der Waals surface area contributed by atoms with Gasteiger partial charge in [-0.15, -0.1) is 0 Å². The number of hydrogen-bond donors (Lipinski definition) is 4. The number of rotatable bonds is 10. The molecule has 1 amide bonds. The van der Waals surface area contributed by atoms with Gasteiger partial charge in [0.15, 0.2) is 0 Å². The lowest BCUT2D eigenvalue weighted by molar-refractivity contribution is -0.109. The minimum Gasteiger partial charge on any atom is -0.361 e. The molecule has 45 heavy (non-hydrogen) atoms. The normalized spacial score (nSPS) is 11.3. The van der Waals surface area contributed by atoms with E-state index >= 15 is 0 Å². The van der Waals surface area contributed by atoms with Crippen molar-refractivity contribution in [2.45, 2.75) is 38.8 Å². The van der Waals surface area contributed by atoms with Crippen LogP contribution in [0.25, 0.3) is 21.7 Å². The third-order valence-electron chi connectivity index (χ3n) is 7.83. The SMILES string of the molecule is Cc1ccccn1.N=C(CCc1ccccc1)N(Cc1cccc2ccccc12)C(=N)[C@@H](Cc1c[nH]c2ccccc12)NC=O. The molecule has 4 aromatic carbocycles. The number of para-hydroxylation sites is 1. The third-order valence-corrected chi connectivity index (χ3v) is 7.83. The van der Waals surface area contributed by atoms with Crippen molar-refractivity contribution in [2.24, 2.45) is 0 Å². The number of aryl methyl sites for hydroxylation is 2. The first-order valence-electron chi connectivity index (χ1n) is 15.1. The summed E-state index contributed by atoms with van der Waals surface area (Å²) in [7, 11) is 0. The van der Waals surface area contributed by atoms with Crippen LogP contribution in [0.2, 0.25) is 0 Å². The van der Waals surface area contributed by atoms with Gasteiger partial charge in [-0.05, 0) is 59.0 Å². The molecule has 0 saturated carbocycles. The zero-order valence-corrected chi connectivity index (χ0v) is 25.4. The van der Waals surface area contributed by atoms with Crippen molar-refractivity contribution in [2.75, 3.05) is 0 Å². The number of nitrogens with one attached hydrogen (secondary N) is 4. The van der Waals surface area contributed by atoms with Gasteiger partial charge in [-0.25, -0.2) is 0 Å². The predicted molar refractivity (Wildman–Crippen MR) is 184 cm³/mol. The van der Waals surface area contributed by atoms with Gasteiger partial charge in [-0.3, -0.25) is 20.6 Å². The molecule has 0 unspecified atom stereocenters. The molecule has 2 heterocycles. The van der Waals surface area contributed by atoms with Crippen LogP contribution in [-0.2, 0) is 24.2 Å². The highest BCUT2D eigenvalue weighted by molar-refractivity contribution is 6.02. The van der Waals surface area contributed by atoms with Gasteiger partial charge in [0.25, 0.3) is 0 Å². The molecule has 0 spiro atoms. The molecule has 6 aromatic rings. The lowest BCUT2D eigenvalue weighted by Crippen LogP contribution is -2.48. The average Bonchev–Trinajstić information content (AvgIpc) is 3.49. The van der Waals surface area contributed by atoms with Crippen LogP contribution >= 0.6 is 0 Å². The number of amides is 1. The lowest BCUT2D eigenvalue weighted by Gasteiger charge is -2.31. The Bertz CT molecular complexity index is 1860. The second kappa shape index (κ2) is 15.3. The van der Waals surface area contributed by atoms with E-state index in [0.29, 0.717) is 38.1 Å². The van der Waals surface area contributed by atoms with Crippen LogP contribution in [0.15, 0.2) is 128 Å². The van der Waals surface area contributed by atoms with Gasteiger partial charge >= 0.3 is 0 Å². The zero-order chi connectivity index (χ0) is 31.4. The first-order chi connectivity index (χ1) is 22.0. The lowest BCUT2D eigenvalue weighted by atomic mass is 10.0. The van der Waals surface area contributed by atoms with Crippen molar-refractivity contribution in [3.05, 3.63) is 150 Å². The van der Waals surface area contributed by atoms with Gasteiger partial charge < -0.3 is 15.2 Å². The number of carbonyl (C=O) groups is 1. The van der Waals surface area contributed by atoms with Crippen LogP contribution in [0.3, 0.4) is 0 Å². The highest BCUT2D eigenvalue weighted by atomic mass is 16.1. The molecule has 0 fully saturated rings. The molecule has 6 rings (SSSR count). The number of aromatic amines is 1. The molecule has 7 nitrogen and oxygen atoms in total. The van der Waals surface area contributed by atoms with Crippen LogP contribution in [0.4, 0.5) is 0 Å². The van der Waals surface area contributed by atoms with E-state index in [2.05, 4.69) is 51.7 Å². The summed E-state index contributed by atoms with van der Waals surface area (Å²) in [6, 6.07) is 37.7. The molecule has 0 aliphatic carbocycles. The number of fused-ring (bicyclic) bond motifs is 2. The third kappa shape index (κ3) is 8.09. The van der Waals surface area contributed by atoms with Crippen molar-refractivity contribution in [3.63, 3.8) is 0 Å². The summed E-state index contributed by atoms with van der Waals surface area (Å²) in [5, 5.41) is 24.4. The van der Waals surface area contributed by atoms with Gasteiger partial charge in [0.2, 0.25) is 6.41 Å². The Labute approximate surface area is 264 Å². The Kier molecular flexibility index (Phi) is 10.5. The van der Waals surface area contributed by atoms with Crippen molar-refractivity contribution >= 4 is 39.8 Å². The summed E-state index contributed by atoms with van der Waals surface area (Å²) < 4.78 is 0. The minimum atomic E-state index is -0.584. The molecule has 0 aliphatic rings. The Morgan fingerprint density at radius 2 is 1.56 bits per heavy atom. The van der Waals surface area contributed by atoms with Gasteiger partial charge in [-0.2, -0.15) is 0 Å². The molecule has 0 bridgehead atoms. The molecule has 0 saturated heterocycles. The highest BCUT2D eigenvalue weighted by Gasteiger charge is 2.25. The number of benzene rings is 4. The number of aromatic nitrogens is 2. The number of nitrogens with zero attached hydrogens (tertiary/aromatic N) is 2. The maximum absolute atomic E-state index is 11.7. The molecular weight excluding hydrogens is 556 g/mol. The number of hydrogen-bond acceptors (Lipinski definition) is 4. The summed E-state index contributed by atoms with van der Waals surface area (Å²) >= 11 is 0. The van der Waals surface area contributed by atoms with Crippen molar-refractivity contribution in [1.29, 1.82) is 10.8 Å². The van der Waals surface area contributed by atoms with E-state index in [-0.39, 0.29) is 5.84 Å². The molecule has 0 radical (unpaired) electrons. The van der Waals surface area contributed by atoms with Gasteiger partial charge in [0.05, 0.1) is 12.6 Å². The van der Waals surface area contributed by atoms with E-state index in [1.807, 2.05) is 92.0 Å². The fourth-order valence-electron chi connectivity index (χ4n) is 5.44. The Morgan fingerprint density at radius 1 is 0.844 bits per heavy atom. The Morgan fingerprint density at radius 3 is 2.29 bits per heavy atom. The summed E-state index contributed by atoms with van der Waals surface area (Å²) in [5.41, 5.74) is 5.29. The summed E-state index contributed by atoms with van der Waals surface area (Å²) in [6.45, 7) is 2.35. The maximum atomic E-state index is 11.7. The molecule has 1 atom stereocenters. The first kappa shape index (κ1) is 30.9. The zero-order valence-electron chi connectivity index (χ0n) is 25.4. The van der Waals surface area contributed by atoms with Crippen LogP contribution in [0.5, 0.6) is 0 Å². The van der Waals surface area contributed by atoms with Crippen LogP contribution < -0.4 is 5.32 Å². The molecular formula is C38H38N6O. The minimum absolute atomic E-state index is 0.202. The number of carbonyl (C=O) groups excluding carboxylic acids is 1. The van der Waals surface area contributed by atoms with E-state index in [4.69, 9.17) is 5.41 Å². The maximum Gasteiger partial charge on any atom is 0.207 e. The van der Waals surface area contributed by atoms with Crippen molar-refractivity contribution in [1.82, 2.24) is 20.2 Å². The van der Waals surface area contributed by atoms with Gasteiger partial charge in [0, 0.05) is 41.8 Å². The van der Waals surface area contributed by atoms with E-state index in [0.717, 1.165) is 44.1 Å². The topological polar surface area (TPSA) is 109 Å². The van der Waals surface area contributed by atoms with Crippen LogP contribution in [-0.4, -0.2) is 39.0 Å². The molecule has 7 heteroatoms. The monoisotopic (exact) mass is 594 g/mol. The average molecular weight is 595 g/mol. The fraction of sp³-hybridized carbons (Fsp3) is 0.158. The first-order valence-corrected chi connectivity index (χ1v) is 15.1. The molecule has 0 aliphatic heterocycles. The summed E-state index contributed by atoms with van der Waals surface area (Å²) in [6.07, 6.45) is 6.01. The van der Waals surface area contributed by atoms with Crippen molar-refractivity contribution in [3.8, 4) is 0 Å². The predicted octanol–water partition coefficient (Wildman–Crippen LogP) is 7.46. The Balaban J connectivity index is 0.000000505. The quantitative estimate of drug-likeness (QED) is 0.0751. The van der Waals surface area contributed by atoms with Crippen LogP contribution in [0.1, 0.15) is 28.8 Å². The largest absolute Gasteiger partial charge is 0.361 e. The molecule has 226 valence electrons. The van der Waals surface area contributed by atoms with E-state index in [1.54, 1.807) is 11.1 Å². The van der Waals surface area contributed by atoms with Gasteiger partial charge in [0.1, 0.15) is 11.7 Å². The van der Waals surface area contributed by atoms with Crippen LogP contribution in [0, 0.1) is 17.7 Å². The second-order valence-electron chi connectivity index (χ2n) is 10.9. The van der Waals surface area contributed by atoms with E-state index in [9.17, 15) is 10.2 Å². The van der Waals surface area contributed by atoms with Gasteiger partial charge in [-0.1, -0.05) is 97.1 Å². The Hall–Kier alpha value is -5.56. The highest BCUT2D eigenvalue weighted by Crippen LogP contribution is 2.23.